The van der Waals surface area contributed by atoms with Crippen molar-refractivity contribution in [3.05, 3.63) is 59.7 Å². The quantitative estimate of drug-likeness (QED) is 0.306. The van der Waals surface area contributed by atoms with Gasteiger partial charge < -0.3 is 34.5 Å². The number of β-amino-alcohol motifs (C(OH)–C–C–N with tert-alkyl or cyclic N) is 1. The molecule has 37 heavy (non-hydrogen) atoms. The van der Waals surface area contributed by atoms with Gasteiger partial charge in [0.2, 0.25) is 0 Å². The Kier molecular flexibility index (Phi) is 12.3. The summed E-state index contributed by atoms with van der Waals surface area (Å²) in [6.07, 6.45) is -3.51. The number of rotatable bonds is 15. The average molecular weight is 519 g/mol. The van der Waals surface area contributed by atoms with Gasteiger partial charge in [0.1, 0.15) is 23.7 Å². The van der Waals surface area contributed by atoms with Crippen LogP contribution >= 0.6 is 0 Å². The second-order valence-corrected chi connectivity index (χ2v) is 10.6. The van der Waals surface area contributed by atoms with Gasteiger partial charge in [-0.3, -0.25) is 0 Å². The normalized spacial score (nSPS) is 15.5. The Balaban J connectivity index is 2.52. The van der Waals surface area contributed by atoms with Crippen molar-refractivity contribution in [3.8, 4) is 11.5 Å². The fraction of sp³-hybridized carbons (Fsp3) is 0.586. The molecule has 8 heteroatoms. The largest absolute Gasteiger partial charge is 0.472 e. The molecule has 0 aromatic heterocycles. The summed E-state index contributed by atoms with van der Waals surface area (Å²) in [5, 5.41) is 25.8. The van der Waals surface area contributed by atoms with Gasteiger partial charge in [0.25, 0.3) is 0 Å². The lowest BCUT2D eigenvalue weighted by molar-refractivity contribution is -0.167. The van der Waals surface area contributed by atoms with Crippen molar-refractivity contribution in [2.24, 2.45) is 0 Å². The van der Waals surface area contributed by atoms with E-state index in [9.17, 15) is 10.2 Å². The predicted molar refractivity (Wildman–Crippen MR) is 146 cm³/mol. The number of ether oxygens (including phenoxy) is 4. The molecule has 0 aliphatic rings. The van der Waals surface area contributed by atoms with Crippen LogP contribution in [0.3, 0.4) is 0 Å². The zero-order valence-corrected chi connectivity index (χ0v) is 23.6. The number of hydrogen-bond donors (Lipinski definition) is 3. The van der Waals surface area contributed by atoms with Crippen molar-refractivity contribution in [2.75, 3.05) is 20.8 Å². The van der Waals surface area contributed by atoms with Crippen LogP contribution in [-0.4, -0.2) is 72.1 Å². The Morgan fingerprint density at radius 1 is 0.784 bits per heavy atom. The molecule has 0 amide bonds. The molecule has 0 aliphatic carbocycles. The Morgan fingerprint density at radius 3 is 1.65 bits per heavy atom. The van der Waals surface area contributed by atoms with Gasteiger partial charge in [-0.1, -0.05) is 36.4 Å². The van der Waals surface area contributed by atoms with Crippen molar-refractivity contribution in [3.63, 3.8) is 0 Å². The SMILES string of the molecule is COCc1ccccc1OC(C(C)O)N(C(C)C)C(Oc1ccccc1COC)C(O)CNC(C)(C)C. The predicted octanol–water partition coefficient (Wildman–Crippen LogP) is 3.93. The van der Waals surface area contributed by atoms with E-state index in [2.05, 4.69) is 5.32 Å². The van der Waals surface area contributed by atoms with Crippen LogP contribution in [0.1, 0.15) is 52.7 Å². The molecule has 2 rings (SSSR count). The molecule has 0 saturated carbocycles. The topological polar surface area (TPSA) is 92.7 Å². The van der Waals surface area contributed by atoms with Gasteiger partial charge in [-0.25, -0.2) is 4.90 Å². The van der Waals surface area contributed by atoms with Crippen LogP contribution in [0, 0.1) is 0 Å². The van der Waals surface area contributed by atoms with Crippen LogP contribution in [0.15, 0.2) is 48.5 Å². The van der Waals surface area contributed by atoms with E-state index in [4.69, 9.17) is 18.9 Å². The molecule has 0 radical (unpaired) electrons. The van der Waals surface area contributed by atoms with E-state index in [1.165, 1.54) is 0 Å². The summed E-state index contributed by atoms with van der Waals surface area (Å²) in [6.45, 7) is 12.8. The number of aliphatic hydroxyl groups is 2. The Labute approximate surface area is 222 Å². The maximum absolute atomic E-state index is 11.5. The maximum Gasteiger partial charge on any atom is 0.183 e. The molecular formula is C29H46N2O6. The minimum atomic E-state index is -0.948. The molecular weight excluding hydrogens is 472 g/mol. The fourth-order valence-electron chi connectivity index (χ4n) is 4.04. The summed E-state index contributed by atoms with van der Waals surface area (Å²) in [4.78, 5) is 1.88. The van der Waals surface area contributed by atoms with Crippen molar-refractivity contribution < 1.29 is 29.2 Å². The molecule has 4 unspecified atom stereocenters. The number of methoxy groups -OCH3 is 2. The highest BCUT2D eigenvalue weighted by Gasteiger charge is 2.39. The molecule has 2 aromatic carbocycles. The van der Waals surface area contributed by atoms with Crippen molar-refractivity contribution in [1.82, 2.24) is 10.2 Å². The molecule has 208 valence electrons. The van der Waals surface area contributed by atoms with E-state index < -0.39 is 24.7 Å². The third-order valence-electron chi connectivity index (χ3n) is 5.81. The molecule has 2 aromatic rings. The van der Waals surface area contributed by atoms with Crippen LogP contribution in [0.25, 0.3) is 0 Å². The highest BCUT2D eigenvalue weighted by Crippen LogP contribution is 2.28. The van der Waals surface area contributed by atoms with Crippen molar-refractivity contribution in [1.29, 1.82) is 0 Å². The van der Waals surface area contributed by atoms with Gasteiger partial charge in [-0.05, 0) is 53.7 Å². The molecule has 0 saturated heterocycles. The zero-order valence-electron chi connectivity index (χ0n) is 23.6. The van der Waals surface area contributed by atoms with Gasteiger partial charge in [0.15, 0.2) is 12.5 Å². The smallest absolute Gasteiger partial charge is 0.183 e. The first-order valence-electron chi connectivity index (χ1n) is 12.8. The number of para-hydroxylation sites is 2. The summed E-state index contributed by atoms with van der Waals surface area (Å²) in [7, 11) is 3.26. The number of aliphatic hydroxyl groups excluding tert-OH is 2. The Bertz CT molecular complexity index is 931. The lowest BCUT2D eigenvalue weighted by atomic mass is 10.1. The molecule has 0 fully saturated rings. The molecule has 0 heterocycles. The van der Waals surface area contributed by atoms with E-state index in [0.29, 0.717) is 24.7 Å². The third-order valence-corrected chi connectivity index (χ3v) is 5.81. The summed E-state index contributed by atoms with van der Waals surface area (Å²) >= 11 is 0. The van der Waals surface area contributed by atoms with Crippen LogP contribution in [0.2, 0.25) is 0 Å². The fourth-order valence-corrected chi connectivity index (χ4v) is 4.04. The van der Waals surface area contributed by atoms with Crippen molar-refractivity contribution >= 4 is 0 Å². The van der Waals surface area contributed by atoms with Gasteiger partial charge in [0, 0.05) is 43.5 Å². The van der Waals surface area contributed by atoms with Gasteiger partial charge in [0.05, 0.1) is 13.2 Å². The molecule has 8 nitrogen and oxygen atoms in total. The molecule has 0 spiro atoms. The van der Waals surface area contributed by atoms with Crippen LogP contribution < -0.4 is 14.8 Å². The van der Waals surface area contributed by atoms with E-state index in [1.54, 1.807) is 21.1 Å². The Morgan fingerprint density at radius 2 is 1.24 bits per heavy atom. The Hall–Kier alpha value is -2.20. The molecule has 0 bridgehead atoms. The molecule has 0 aliphatic heterocycles. The highest BCUT2D eigenvalue weighted by atomic mass is 16.6. The van der Waals surface area contributed by atoms with Gasteiger partial charge >= 0.3 is 0 Å². The summed E-state index contributed by atoms with van der Waals surface area (Å²) in [5.41, 5.74) is 1.51. The van der Waals surface area contributed by atoms with E-state index in [1.807, 2.05) is 88.0 Å². The summed E-state index contributed by atoms with van der Waals surface area (Å²) in [5.74, 6) is 1.20. The number of nitrogens with zero attached hydrogens (tertiary/aromatic N) is 1. The number of hydrogen-bond acceptors (Lipinski definition) is 8. The van der Waals surface area contributed by atoms with Crippen LogP contribution in [0.4, 0.5) is 0 Å². The van der Waals surface area contributed by atoms with E-state index >= 15 is 0 Å². The van der Waals surface area contributed by atoms with Crippen LogP contribution in [-0.2, 0) is 22.7 Å². The second kappa shape index (κ2) is 14.7. The van der Waals surface area contributed by atoms with E-state index in [0.717, 1.165) is 11.1 Å². The maximum atomic E-state index is 11.5. The molecule has 3 N–H and O–H groups in total. The minimum Gasteiger partial charge on any atom is -0.472 e. The van der Waals surface area contributed by atoms with E-state index in [-0.39, 0.29) is 18.1 Å². The standard InChI is InChI=1S/C29H46N2O6/c1-20(2)31(27(21(3)32)36-25-15-11-9-13-22(25)18-34-7)28(24(33)17-30-29(4,5)6)37-26-16-12-10-14-23(26)19-35-8/h9-16,20-21,24,27-28,30,32-33H,17-19H2,1-8H3. The minimum absolute atomic E-state index is 0.155. The van der Waals surface area contributed by atoms with Gasteiger partial charge in [-0.2, -0.15) is 0 Å². The monoisotopic (exact) mass is 518 g/mol. The number of benzene rings is 2. The van der Waals surface area contributed by atoms with Gasteiger partial charge in [-0.15, -0.1) is 0 Å². The van der Waals surface area contributed by atoms with Crippen LogP contribution in [0.5, 0.6) is 11.5 Å². The average Bonchev–Trinajstić information content (AvgIpc) is 2.83. The third kappa shape index (κ3) is 9.56. The summed E-state index contributed by atoms with van der Waals surface area (Å²) in [6, 6.07) is 15.0. The lowest BCUT2D eigenvalue weighted by Gasteiger charge is -2.43. The molecule has 4 atom stereocenters. The lowest BCUT2D eigenvalue weighted by Crippen LogP contribution is -2.62. The number of nitrogens with one attached hydrogen (secondary N) is 1. The highest BCUT2D eigenvalue weighted by molar-refractivity contribution is 5.34. The first-order chi connectivity index (χ1) is 17.5. The summed E-state index contributed by atoms with van der Waals surface area (Å²) < 4.78 is 23.7. The zero-order chi connectivity index (χ0) is 27.6. The van der Waals surface area contributed by atoms with Crippen molar-refractivity contribution in [2.45, 2.75) is 91.0 Å². The first-order valence-corrected chi connectivity index (χ1v) is 12.8. The second-order valence-electron chi connectivity index (χ2n) is 10.6. The first kappa shape index (κ1) is 31.0.